The summed E-state index contributed by atoms with van der Waals surface area (Å²) >= 11 is 1.34. The molecule has 1 atom stereocenters. The van der Waals surface area contributed by atoms with Crippen LogP contribution in [0.1, 0.15) is 23.7 Å². The average Bonchev–Trinajstić information content (AvgIpc) is 3.38. The summed E-state index contributed by atoms with van der Waals surface area (Å²) < 4.78 is 27.2. The molecule has 0 aliphatic carbocycles. The van der Waals surface area contributed by atoms with Crippen LogP contribution in [-0.4, -0.2) is 50.9 Å². The van der Waals surface area contributed by atoms with Gasteiger partial charge in [0.15, 0.2) is 15.0 Å². The lowest BCUT2D eigenvalue weighted by Gasteiger charge is -2.14. The third-order valence-corrected chi connectivity index (χ3v) is 7.62. The smallest absolute Gasteiger partial charge is 0.235 e. The van der Waals surface area contributed by atoms with Gasteiger partial charge in [-0.25, -0.2) is 18.1 Å². The van der Waals surface area contributed by atoms with Crippen LogP contribution < -0.4 is 5.32 Å². The molecule has 3 aromatic rings. The summed E-state index contributed by atoms with van der Waals surface area (Å²) in [6.07, 6.45) is 4.09. The number of nitrogens with one attached hydrogen (secondary N) is 1. The molecule has 30 heavy (non-hydrogen) atoms. The molecule has 10 heteroatoms. The van der Waals surface area contributed by atoms with Crippen molar-refractivity contribution in [2.75, 3.05) is 22.6 Å². The number of sulfone groups is 1. The van der Waals surface area contributed by atoms with Crippen LogP contribution >= 0.6 is 11.8 Å². The number of nitrogens with zero attached hydrogens (tertiary/aromatic N) is 4. The van der Waals surface area contributed by atoms with Crippen LogP contribution in [0.25, 0.3) is 5.69 Å². The minimum atomic E-state index is -3.04. The van der Waals surface area contributed by atoms with E-state index in [0.717, 1.165) is 22.1 Å². The topological polar surface area (TPSA) is 98.9 Å². The molecule has 0 saturated carbocycles. The van der Waals surface area contributed by atoms with Gasteiger partial charge in [0.05, 0.1) is 29.0 Å². The Morgan fingerprint density at radius 2 is 2.13 bits per heavy atom. The number of hydrogen-bond acceptors (Lipinski definition) is 6. The Kier molecular flexibility index (Phi) is 5.70. The third kappa shape index (κ3) is 4.59. The number of anilines is 1. The van der Waals surface area contributed by atoms with Crippen molar-refractivity contribution in [1.29, 1.82) is 0 Å². The number of aryl methyl sites for hydroxylation is 2. The molecule has 1 N–H and O–H groups in total. The fourth-order valence-electron chi connectivity index (χ4n) is 3.54. The number of rotatable bonds is 6. The quantitative estimate of drug-likeness (QED) is 0.586. The fourth-order valence-corrected chi connectivity index (χ4v) is 6.00. The van der Waals surface area contributed by atoms with Crippen molar-refractivity contribution in [2.45, 2.75) is 31.5 Å². The fraction of sp³-hybridized carbons (Fsp3) is 0.350. The molecule has 0 radical (unpaired) electrons. The van der Waals surface area contributed by atoms with Crippen LogP contribution in [0.4, 0.5) is 5.82 Å². The maximum absolute atomic E-state index is 12.6. The van der Waals surface area contributed by atoms with Crippen LogP contribution in [0.5, 0.6) is 0 Å². The van der Waals surface area contributed by atoms with E-state index in [1.54, 1.807) is 16.9 Å². The number of carbonyl (C=O) groups is 1. The number of thioether (sulfide) groups is 1. The summed E-state index contributed by atoms with van der Waals surface area (Å²) in [5.74, 6) is 0.722. The predicted molar refractivity (Wildman–Crippen MR) is 117 cm³/mol. The standard InChI is InChI=1S/C20H23N5O3S2/c1-14-4-3-5-16(10-14)24-8-7-21-20(24)29-12-19(26)22-18-11-15(2)23-25(18)17-6-9-30(27,28)13-17/h3-5,7-8,10-11,17H,6,9,12-13H2,1-2H3,(H,22,26). The maximum Gasteiger partial charge on any atom is 0.235 e. The number of aromatic nitrogens is 4. The number of amides is 1. The second kappa shape index (κ2) is 8.27. The van der Waals surface area contributed by atoms with Gasteiger partial charge in [-0.15, -0.1) is 0 Å². The highest BCUT2D eigenvalue weighted by atomic mass is 32.2. The lowest BCUT2D eigenvalue weighted by atomic mass is 10.2. The van der Waals surface area contributed by atoms with Crippen LogP contribution in [0, 0.1) is 13.8 Å². The molecular weight excluding hydrogens is 422 g/mol. The highest BCUT2D eigenvalue weighted by Gasteiger charge is 2.31. The van der Waals surface area contributed by atoms with Crippen molar-refractivity contribution in [2.24, 2.45) is 0 Å². The highest BCUT2D eigenvalue weighted by Crippen LogP contribution is 2.27. The SMILES string of the molecule is Cc1cccc(-n2ccnc2SCC(=O)Nc2cc(C)nn2C2CCS(=O)(=O)C2)c1. The second-order valence-electron chi connectivity index (χ2n) is 7.43. The molecule has 0 spiro atoms. The highest BCUT2D eigenvalue weighted by molar-refractivity contribution is 7.99. The normalized spacial score (nSPS) is 17.9. The number of hydrogen-bond donors (Lipinski definition) is 1. The van der Waals surface area contributed by atoms with Gasteiger partial charge in [0.2, 0.25) is 5.91 Å². The Morgan fingerprint density at radius 1 is 1.30 bits per heavy atom. The molecule has 2 aromatic heterocycles. The molecule has 3 heterocycles. The Labute approximate surface area is 179 Å². The first-order chi connectivity index (χ1) is 14.3. The average molecular weight is 446 g/mol. The first-order valence-corrected chi connectivity index (χ1v) is 12.4. The molecule has 1 amide bonds. The maximum atomic E-state index is 12.6. The zero-order chi connectivity index (χ0) is 21.3. The van der Waals surface area contributed by atoms with E-state index in [1.807, 2.05) is 42.8 Å². The van der Waals surface area contributed by atoms with Gasteiger partial charge < -0.3 is 5.32 Å². The Morgan fingerprint density at radius 3 is 2.87 bits per heavy atom. The molecular formula is C20H23N5O3S2. The van der Waals surface area contributed by atoms with Gasteiger partial charge in [-0.05, 0) is 38.0 Å². The number of carbonyl (C=O) groups excluding carboxylic acids is 1. The van der Waals surface area contributed by atoms with E-state index in [4.69, 9.17) is 0 Å². The molecule has 1 aromatic carbocycles. The zero-order valence-corrected chi connectivity index (χ0v) is 18.4. The van der Waals surface area contributed by atoms with Crippen LogP contribution in [0.2, 0.25) is 0 Å². The molecule has 158 valence electrons. The van der Waals surface area contributed by atoms with Gasteiger partial charge in [-0.3, -0.25) is 9.36 Å². The molecule has 8 nitrogen and oxygen atoms in total. The van der Waals surface area contributed by atoms with E-state index in [-0.39, 0.29) is 29.2 Å². The molecule has 1 aliphatic heterocycles. The van der Waals surface area contributed by atoms with Crippen molar-refractivity contribution in [1.82, 2.24) is 19.3 Å². The summed E-state index contributed by atoms with van der Waals surface area (Å²) in [5, 5.41) is 8.00. The Balaban J connectivity index is 1.43. The molecule has 1 saturated heterocycles. The third-order valence-electron chi connectivity index (χ3n) is 4.90. The lowest BCUT2D eigenvalue weighted by molar-refractivity contribution is -0.113. The van der Waals surface area contributed by atoms with Gasteiger partial charge >= 0.3 is 0 Å². The zero-order valence-electron chi connectivity index (χ0n) is 16.8. The van der Waals surface area contributed by atoms with Crippen molar-refractivity contribution in [3.8, 4) is 5.69 Å². The van der Waals surface area contributed by atoms with E-state index in [1.165, 1.54) is 11.8 Å². The summed E-state index contributed by atoms with van der Waals surface area (Å²) in [4.78, 5) is 16.9. The van der Waals surface area contributed by atoms with E-state index in [9.17, 15) is 13.2 Å². The summed E-state index contributed by atoms with van der Waals surface area (Å²) in [6, 6.07) is 9.59. The van der Waals surface area contributed by atoms with Crippen molar-refractivity contribution in [3.63, 3.8) is 0 Å². The van der Waals surface area contributed by atoms with Gasteiger partial charge in [0.1, 0.15) is 5.82 Å². The largest absolute Gasteiger partial charge is 0.310 e. The monoisotopic (exact) mass is 445 g/mol. The predicted octanol–water partition coefficient (Wildman–Crippen LogP) is 2.78. The van der Waals surface area contributed by atoms with E-state index < -0.39 is 9.84 Å². The van der Waals surface area contributed by atoms with Gasteiger partial charge in [0.25, 0.3) is 0 Å². The van der Waals surface area contributed by atoms with Crippen molar-refractivity contribution in [3.05, 3.63) is 54.0 Å². The summed E-state index contributed by atoms with van der Waals surface area (Å²) in [7, 11) is -3.04. The first kappa shape index (κ1) is 20.7. The molecule has 1 aliphatic rings. The van der Waals surface area contributed by atoms with Gasteiger partial charge in [-0.2, -0.15) is 5.10 Å². The second-order valence-corrected chi connectivity index (χ2v) is 10.6. The van der Waals surface area contributed by atoms with Gasteiger partial charge in [0, 0.05) is 24.1 Å². The van der Waals surface area contributed by atoms with Crippen molar-refractivity contribution >= 4 is 33.3 Å². The van der Waals surface area contributed by atoms with Crippen LogP contribution in [0.15, 0.2) is 47.9 Å². The minimum absolute atomic E-state index is 0.0552. The lowest BCUT2D eigenvalue weighted by Crippen LogP contribution is -2.20. The van der Waals surface area contributed by atoms with E-state index in [0.29, 0.717) is 12.2 Å². The van der Waals surface area contributed by atoms with Gasteiger partial charge in [-0.1, -0.05) is 23.9 Å². The van der Waals surface area contributed by atoms with Crippen LogP contribution in [0.3, 0.4) is 0 Å². The number of benzene rings is 1. The molecule has 0 bridgehead atoms. The van der Waals surface area contributed by atoms with E-state index >= 15 is 0 Å². The Hall–Kier alpha value is -2.59. The molecule has 4 rings (SSSR count). The Bertz CT molecular complexity index is 1180. The van der Waals surface area contributed by atoms with E-state index in [2.05, 4.69) is 21.5 Å². The van der Waals surface area contributed by atoms with Crippen LogP contribution in [-0.2, 0) is 14.6 Å². The molecule has 1 unspecified atom stereocenters. The summed E-state index contributed by atoms with van der Waals surface area (Å²) in [6.45, 7) is 3.85. The van der Waals surface area contributed by atoms with Crippen molar-refractivity contribution < 1.29 is 13.2 Å². The number of imidazole rings is 1. The minimum Gasteiger partial charge on any atom is -0.310 e. The summed E-state index contributed by atoms with van der Waals surface area (Å²) in [5.41, 5.74) is 2.87. The first-order valence-electron chi connectivity index (χ1n) is 9.60. The molecule has 1 fully saturated rings.